The molecule has 0 radical (unpaired) electrons. The Balaban J connectivity index is 2.19. The molecule has 0 aliphatic rings. The van der Waals surface area contributed by atoms with Crippen molar-refractivity contribution in [3.63, 3.8) is 0 Å². The van der Waals surface area contributed by atoms with Crippen molar-refractivity contribution in [3.8, 4) is 11.5 Å². The van der Waals surface area contributed by atoms with Crippen molar-refractivity contribution in [1.29, 1.82) is 0 Å². The second-order valence-corrected chi connectivity index (χ2v) is 8.54. The van der Waals surface area contributed by atoms with E-state index >= 15 is 0 Å². The van der Waals surface area contributed by atoms with Crippen LogP contribution in [0, 0.1) is 0 Å². The number of carbonyl (C=O) groups excluding carboxylic acids is 1. The molecule has 8 heteroatoms. The van der Waals surface area contributed by atoms with Crippen LogP contribution in [0.25, 0.3) is 0 Å². The van der Waals surface area contributed by atoms with E-state index in [1.54, 1.807) is 43.3 Å². The number of amides is 1. The van der Waals surface area contributed by atoms with E-state index in [1.165, 1.54) is 4.31 Å². The van der Waals surface area contributed by atoms with E-state index in [0.29, 0.717) is 36.8 Å². The Bertz CT molecular complexity index is 932. The van der Waals surface area contributed by atoms with Crippen molar-refractivity contribution in [2.24, 2.45) is 0 Å². The lowest BCUT2D eigenvalue weighted by Crippen LogP contribution is -2.49. The van der Waals surface area contributed by atoms with E-state index in [4.69, 9.17) is 9.47 Å². The third kappa shape index (κ3) is 6.13. The van der Waals surface area contributed by atoms with Crippen molar-refractivity contribution in [2.45, 2.75) is 39.8 Å². The predicted molar refractivity (Wildman–Crippen MR) is 118 cm³/mol. The molecule has 1 N–H and O–H groups in total. The first-order chi connectivity index (χ1) is 14.3. The molecule has 0 bridgehead atoms. The number of sulfonamides is 1. The average Bonchev–Trinajstić information content (AvgIpc) is 2.71. The van der Waals surface area contributed by atoms with Crippen LogP contribution in [0.5, 0.6) is 11.5 Å². The Labute approximate surface area is 179 Å². The number of rotatable bonds is 11. The van der Waals surface area contributed by atoms with Crippen LogP contribution in [0.15, 0.2) is 48.5 Å². The van der Waals surface area contributed by atoms with Gasteiger partial charge in [0.15, 0.2) is 11.5 Å². The van der Waals surface area contributed by atoms with Gasteiger partial charge in [-0.3, -0.25) is 9.10 Å². The molecular formula is C22H30N2O5S. The fourth-order valence-electron chi connectivity index (χ4n) is 3.15. The topological polar surface area (TPSA) is 84.9 Å². The maximum absolute atomic E-state index is 12.9. The van der Waals surface area contributed by atoms with E-state index in [2.05, 4.69) is 5.32 Å². The summed E-state index contributed by atoms with van der Waals surface area (Å²) in [5.41, 5.74) is 1.29. The number of ether oxygens (including phenoxy) is 2. The highest BCUT2D eigenvalue weighted by molar-refractivity contribution is 7.92. The van der Waals surface area contributed by atoms with Gasteiger partial charge in [-0.2, -0.15) is 0 Å². The lowest BCUT2D eigenvalue weighted by atomic mass is 10.1. The van der Waals surface area contributed by atoms with Gasteiger partial charge in [0.1, 0.15) is 6.04 Å². The fourth-order valence-corrected chi connectivity index (χ4v) is 4.36. The molecule has 7 nitrogen and oxygen atoms in total. The minimum absolute atomic E-state index is 0.244. The van der Waals surface area contributed by atoms with E-state index in [9.17, 15) is 13.2 Å². The van der Waals surface area contributed by atoms with Gasteiger partial charge in [-0.25, -0.2) is 8.42 Å². The monoisotopic (exact) mass is 434 g/mol. The number of para-hydroxylation sites is 1. The maximum Gasteiger partial charge on any atom is 0.244 e. The minimum Gasteiger partial charge on any atom is -0.490 e. The highest BCUT2D eigenvalue weighted by Gasteiger charge is 2.31. The molecule has 164 valence electrons. The van der Waals surface area contributed by atoms with Gasteiger partial charge in [-0.05, 0) is 50.1 Å². The molecule has 0 aromatic heterocycles. The zero-order chi connectivity index (χ0) is 22.1. The Morgan fingerprint density at radius 2 is 1.63 bits per heavy atom. The molecule has 0 heterocycles. The Morgan fingerprint density at radius 3 is 2.20 bits per heavy atom. The van der Waals surface area contributed by atoms with Crippen molar-refractivity contribution in [1.82, 2.24) is 5.32 Å². The summed E-state index contributed by atoms with van der Waals surface area (Å²) in [4.78, 5) is 12.9. The van der Waals surface area contributed by atoms with E-state index in [-0.39, 0.29) is 12.5 Å². The standard InChI is InChI=1S/C22H30N2O5S/c1-5-19(24(30(4,26)27)18-11-9-8-10-12-18)22(25)23-16-17-13-14-20(28-6-2)21(15-17)29-7-3/h8-15,19H,5-7,16H2,1-4H3,(H,23,25). The number of nitrogens with one attached hydrogen (secondary N) is 1. The molecule has 0 aliphatic carbocycles. The van der Waals surface area contributed by atoms with E-state index in [0.717, 1.165) is 11.8 Å². The van der Waals surface area contributed by atoms with Crippen LogP contribution in [0.2, 0.25) is 0 Å². The summed E-state index contributed by atoms with van der Waals surface area (Å²) < 4.78 is 37.2. The summed E-state index contributed by atoms with van der Waals surface area (Å²) in [6.07, 6.45) is 1.44. The van der Waals surface area contributed by atoms with Gasteiger partial charge < -0.3 is 14.8 Å². The molecule has 2 aromatic carbocycles. The normalized spacial score (nSPS) is 12.1. The van der Waals surface area contributed by atoms with Gasteiger partial charge in [0, 0.05) is 6.54 Å². The average molecular weight is 435 g/mol. The summed E-state index contributed by atoms with van der Waals surface area (Å²) in [6, 6.07) is 13.3. The second kappa shape index (κ2) is 10.9. The van der Waals surface area contributed by atoms with Crippen molar-refractivity contribution in [2.75, 3.05) is 23.8 Å². The lowest BCUT2D eigenvalue weighted by molar-refractivity contribution is -0.122. The smallest absolute Gasteiger partial charge is 0.244 e. The highest BCUT2D eigenvalue weighted by atomic mass is 32.2. The molecule has 30 heavy (non-hydrogen) atoms. The molecule has 2 aromatic rings. The zero-order valence-electron chi connectivity index (χ0n) is 17.9. The van der Waals surface area contributed by atoms with Gasteiger partial charge in [0.05, 0.1) is 25.2 Å². The fraction of sp³-hybridized carbons (Fsp3) is 0.409. The van der Waals surface area contributed by atoms with Crippen molar-refractivity contribution >= 4 is 21.6 Å². The van der Waals surface area contributed by atoms with Crippen LogP contribution >= 0.6 is 0 Å². The van der Waals surface area contributed by atoms with E-state index < -0.39 is 16.1 Å². The number of benzene rings is 2. The lowest BCUT2D eigenvalue weighted by Gasteiger charge is -2.30. The Kier molecular flexibility index (Phi) is 8.53. The second-order valence-electron chi connectivity index (χ2n) is 6.68. The molecule has 0 fully saturated rings. The quantitative estimate of drug-likeness (QED) is 0.586. The first kappa shape index (κ1) is 23.5. The maximum atomic E-state index is 12.9. The first-order valence-corrected chi connectivity index (χ1v) is 11.9. The van der Waals surface area contributed by atoms with Gasteiger partial charge in [-0.1, -0.05) is 31.2 Å². The molecule has 0 spiro atoms. The number of hydrogen-bond acceptors (Lipinski definition) is 5. The highest BCUT2D eigenvalue weighted by Crippen LogP contribution is 2.28. The van der Waals surface area contributed by atoms with Crippen LogP contribution in [-0.2, 0) is 21.4 Å². The first-order valence-electron chi connectivity index (χ1n) is 10.0. The minimum atomic E-state index is -3.65. The molecule has 2 rings (SSSR count). The molecule has 0 aliphatic heterocycles. The summed E-state index contributed by atoms with van der Waals surface area (Å²) in [6.45, 7) is 6.83. The van der Waals surface area contributed by atoms with Crippen LogP contribution in [0.3, 0.4) is 0 Å². The Hall–Kier alpha value is -2.74. The molecule has 1 amide bonds. The third-order valence-corrected chi connectivity index (χ3v) is 5.59. The molecule has 1 unspecified atom stereocenters. The molecular weight excluding hydrogens is 404 g/mol. The van der Waals surface area contributed by atoms with Crippen LogP contribution in [-0.4, -0.2) is 39.8 Å². The van der Waals surface area contributed by atoms with Crippen molar-refractivity contribution in [3.05, 3.63) is 54.1 Å². The SMILES string of the molecule is CCOc1ccc(CNC(=O)C(CC)N(c2ccccc2)S(C)(=O)=O)cc1OCC. The van der Waals surface area contributed by atoms with Gasteiger partial charge in [0.25, 0.3) is 0 Å². The molecule has 1 atom stereocenters. The van der Waals surface area contributed by atoms with E-state index in [1.807, 2.05) is 26.0 Å². The van der Waals surface area contributed by atoms with Crippen LogP contribution < -0.4 is 19.1 Å². The third-order valence-electron chi connectivity index (χ3n) is 4.41. The predicted octanol–water partition coefficient (Wildman–Crippen LogP) is 3.35. The van der Waals surface area contributed by atoms with Gasteiger partial charge >= 0.3 is 0 Å². The van der Waals surface area contributed by atoms with Gasteiger partial charge in [-0.15, -0.1) is 0 Å². The largest absolute Gasteiger partial charge is 0.490 e. The molecule has 0 saturated heterocycles. The van der Waals surface area contributed by atoms with Crippen molar-refractivity contribution < 1.29 is 22.7 Å². The zero-order valence-corrected chi connectivity index (χ0v) is 18.7. The van der Waals surface area contributed by atoms with Gasteiger partial charge in [0.2, 0.25) is 15.9 Å². The summed E-state index contributed by atoms with van der Waals surface area (Å²) >= 11 is 0. The number of anilines is 1. The summed E-state index contributed by atoms with van der Waals surface area (Å²) in [5.74, 6) is 0.895. The Morgan fingerprint density at radius 1 is 1.00 bits per heavy atom. The number of nitrogens with zero attached hydrogens (tertiary/aromatic N) is 1. The van der Waals surface area contributed by atoms with Crippen LogP contribution in [0.1, 0.15) is 32.8 Å². The summed E-state index contributed by atoms with van der Waals surface area (Å²) in [5, 5.41) is 2.85. The summed E-state index contributed by atoms with van der Waals surface area (Å²) in [7, 11) is -3.65. The van der Waals surface area contributed by atoms with Crippen LogP contribution in [0.4, 0.5) is 5.69 Å². The number of hydrogen-bond donors (Lipinski definition) is 1. The number of carbonyl (C=O) groups is 1. The molecule has 0 saturated carbocycles.